The molecular formula is C23H31FIN5O2. The van der Waals surface area contributed by atoms with E-state index in [9.17, 15) is 9.18 Å². The first-order valence-electron chi connectivity index (χ1n) is 10.5. The molecule has 1 saturated heterocycles. The predicted octanol–water partition coefficient (Wildman–Crippen LogP) is 2.64. The number of piperidine rings is 1. The van der Waals surface area contributed by atoms with Crippen LogP contribution in [0.15, 0.2) is 53.5 Å². The fourth-order valence-corrected chi connectivity index (χ4v) is 3.56. The smallest absolute Gasteiger partial charge is 0.255 e. The van der Waals surface area contributed by atoms with Crippen LogP contribution in [0, 0.1) is 5.82 Å². The number of carbonyl (C=O) groups excluding carboxylic acids is 1. The van der Waals surface area contributed by atoms with E-state index in [1.807, 2.05) is 30.3 Å². The zero-order chi connectivity index (χ0) is 22.1. The van der Waals surface area contributed by atoms with E-state index < -0.39 is 5.91 Å². The minimum Gasteiger partial charge on any atom is -0.484 e. The molecule has 0 aliphatic carbocycles. The van der Waals surface area contributed by atoms with Gasteiger partial charge in [0.25, 0.3) is 5.91 Å². The van der Waals surface area contributed by atoms with E-state index >= 15 is 0 Å². The number of ether oxygens (including phenoxy) is 1. The molecular weight excluding hydrogens is 524 g/mol. The summed E-state index contributed by atoms with van der Waals surface area (Å²) in [4.78, 5) is 17.6. The van der Waals surface area contributed by atoms with E-state index in [0.29, 0.717) is 18.3 Å². The third kappa shape index (κ3) is 8.62. The number of primary amides is 1. The highest BCUT2D eigenvalue weighted by Crippen LogP contribution is 2.15. The van der Waals surface area contributed by atoms with Crippen LogP contribution >= 0.6 is 24.0 Å². The van der Waals surface area contributed by atoms with Crippen molar-refractivity contribution in [2.24, 2.45) is 10.7 Å². The molecule has 1 heterocycles. The molecule has 1 fully saturated rings. The van der Waals surface area contributed by atoms with Gasteiger partial charge in [0, 0.05) is 39.3 Å². The maximum atomic E-state index is 13.1. The summed E-state index contributed by atoms with van der Waals surface area (Å²) >= 11 is 0. The third-order valence-corrected chi connectivity index (χ3v) is 5.21. The summed E-state index contributed by atoms with van der Waals surface area (Å²) in [7, 11) is 1.76. The van der Waals surface area contributed by atoms with Gasteiger partial charge >= 0.3 is 0 Å². The van der Waals surface area contributed by atoms with Gasteiger partial charge < -0.3 is 21.1 Å². The lowest BCUT2D eigenvalue weighted by Crippen LogP contribution is -2.48. The van der Waals surface area contributed by atoms with Crippen LogP contribution in [0.4, 0.5) is 4.39 Å². The average molecular weight is 555 g/mol. The van der Waals surface area contributed by atoms with Gasteiger partial charge in [-0.05, 0) is 48.2 Å². The number of carbonyl (C=O) groups is 1. The summed E-state index contributed by atoms with van der Waals surface area (Å²) in [5, 5.41) is 6.82. The number of hydrogen-bond acceptors (Lipinski definition) is 4. The van der Waals surface area contributed by atoms with Crippen LogP contribution in [-0.2, 0) is 17.9 Å². The molecule has 3 rings (SSSR count). The van der Waals surface area contributed by atoms with Gasteiger partial charge in [-0.2, -0.15) is 0 Å². The van der Waals surface area contributed by atoms with Crippen LogP contribution < -0.4 is 21.1 Å². The van der Waals surface area contributed by atoms with Crippen molar-refractivity contribution in [1.29, 1.82) is 0 Å². The number of nitrogens with zero attached hydrogens (tertiary/aromatic N) is 2. The van der Waals surface area contributed by atoms with E-state index in [0.717, 1.165) is 49.6 Å². The summed E-state index contributed by atoms with van der Waals surface area (Å²) in [6.45, 7) is 3.24. The number of nitrogens with one attached hydrogen (secondary N) is 2. The molecule has 2 aromatic carbocycles. The van der Waals surface area contributed by atoms with E-state index in [2.05, 4.69) is 20.5 Å². The fourth-order valence-electron chi connectivity index (χ4n) is 3.56. The van der Waals surface area contributed by atoms with E-state index in [4.69, 9.17) is 10.5 Å². The van der Waals surface area contributed by atoms with Gasteiger partial charge in [0.1, 0.15) is 11.6 Å². The molecule has 0 spiro atoms. The van der Waals surface area contributed by atoms with Crippen LogP contribution in [0.3, 0.4) is 0 Å². The van der Waals surface area contributed by atoms with Crippen molar-refractivity contribution < 1.29 is 13.9 Å². The van der Waals surface area contributed by atoms with Gasteiger partial charge in [-0.3, -0.25) is 14.7 Å². The second-order valence-electron chi connectivity index (χ2n) is 7.65. The Labute approximate surface area is 205 Å². The Hall–Kier alpha value is -2.40. The van der Waals surface area contributed by atoms with Gasteiger partial charge in [-0.25, -0.2) is 4.39 Å². The Balaban J connectivity index is 0.00000363. The van der Waals surface area contributed by atoms with Gasteiger partial charge in [0.05, 0.1) is 0 Å². The van der Waals surface area contributed by atoms with Crippen molar-refractivity contribution in [3.05, 3.63) is 65.5 Å². The normalized spacial score (nSPS) is 15.0. The number of aliphatic imine (C=N–C) groups is 1. The zero-order valence-electron chi connectivity index (χ0n) is 18.2. The van der Waals surface area contributed by atoms with Crippen LogP contribution in [0.1, 0.15) is 24.0 Å². The van der Waals surface area contributed by atoms with Crippen molar-refractivity contribution in [1.82, 2.24) is 15.5 Å². The minimum absolute atomic E-state index is 0. The Kier molecular flexibility index (Phi) is 10.7. The molecule has 0 bridgehead atoms. The lowest BCUT2D eigenvalue weighted by molar-refractivity contribution is -0.119. The Morgan fingerprint density at radius 1 is 1.19 bits per heavy atom. The summed E-state index contributed by atoms with van der Waals surface area (Å²) in [6.07, 6.45) is 2.02. The topological polar surface area (TPSA) is 92.0 Å². The van der Waals surface area contributed by atoms with Crippen molar-refractivity contribution in [2.75, 3.05) is 26.7 Å². The lowest BCUT2D eigenvalue weighted by atomic mass is 10.0. The fraction of sp³-hybridized carbons (Fsp3) is 0.391. The predicted molar refractivity (Wildman–Crippen MR) is 135 cm³/mol. The number of benzene rings is 2. The number of likely N-dealkylation sites (tertiary alicyclic amines) is 1. The molecule has 0 radical (unpaired) electrons. The highest BCUT2D eigenvalue weighted by molar-refractivity contribution is 14.0. The zero-order valence-corrected chi connectivity index (χ0v) is 20.6. The number of halogens is 2. The monoisotopic (exact) mass is 555 g/mol. The standard InChI is InChI=1S/C23H30FN5O2.HI/c1-26-23(27-14-18-3-2-4-21(13-18)31-16-22(25)30)28-20-9-11-29(12-10-20)15-17-5-7-19(24)8-6-17;/h2-8,13,20H,9-12,14-16H2,1H3,(H2,25,30)(H2,26,27,28);1H. The lowest BCUT2D eigenvalue weighted by Gasteiger charge is -2.33. The number of guanidine groups is 1. The second-order valence-corrected chi connectivity index (χ2v) is 7.65. The number of amides is 1. The molecule has 0 saturated carbocycles. The molecule has 1 aliphatic rings. The molecule has 9 heteroatoms. The van der Waals surface area contributed by atoms with Gasteiger partial charge in [0.15, 0.2) is 12.6 Å². The molecule has 1 aliphatic heterocycles. The van der Waals surface area contributed by atoms with E-state index in [1.54, 1.807) is 13.1 Å². The summed E-state index contributed by atoms with van der Waals surface area (Å²) < 4.78 is 18.4. The van der Waals surface area contributed by atoms with Crippen LogP contribution in [0.2, 0.25) is 0 Å². The van der Waals surface area contributed by atoms with E-state index in [-0.39, 0.29) is 36.4 Å². The summed E-state index contributed by atoms with van der Waals surface area (Å²) in [5.41, 5.74) is 7.26. The SMILES string of the molecule is CN=C(NCc1cccc(OCC(N)=O)c1)NC1CCN(Cc2ccc(F)cc2)CC1.I. The number of nitrogens with two attached hydrogens (primary N) is 1. The summed E-state index contributed by atoms with van der Waals surface area (Å²) in [5.74, 6) is 0.655. The Morgan fingerprint density at radius 3 is 2.56 bits per heavy atom. The second kappa shape index (κ2) is 13.2. The van der Waals surface area contributed by atoms with Crippen LogP contribution in [-0.4, -0.2) is 49.6 Å². The highest BCUT2D eigenvalue weighted by Gasteiger charge is 2.20. The molecule has 1 amide bonds. The Morgan fingerprint density at radius 2 is 1.91 bits per heavy atom. The van der Waals surface area contributed by atoms with Crippen LogP contribution in [0.5, 0.6) is 5.75 Å². The molecule has 174 valence electrons. The Bertz CT molecular complexity index is 886. The van der Waals surface area contributed by atoms with Gasteiger partial charge in [-0.15, -0.1) is 24.0 Å². The van der Waals surface area contributed by atoms with Crippen molar-refractivity contribution >= 4 is 35.8 Å². The maximum absolute atomic E-state index is 13.1. The molecule has 0 unspecified atom stereocenters. The maximum Gasteiger partial charge on any atom is 0.255 e. The van der Waals surface area contributed by atoms with Crippen molar-refractivity contribution in [3.63, 3.8) is 0 Å². The van der Waals surface area contributed by atoms with Crippen molar-refractivity contribution in [2.45, 2.75) is 32.0 Å². The molecule has 0 atom stereocenters. The molecule has 4 N–H and O–H groups in total. The first-order chi connectivity index (χ1) is 15.0. The average Bonchev–Trinajstić information content (AvgIpc) is 2.78. The number of hydrogen-bond donors (Lipinski definition) is 3. The first kappa shape index (κ1) is 25.9. The molecule has 2 aromatic rings. The first-order valence-corrected chi connectivity index (χ1v) is 10.5. The molecule has 32 heavy (non-hydrogen) atoms. The molecule has 0 aromatic heterocycles. The highest BCUT2D eigenvalue weighted by atomic mass is 127. The summed E-state index contributed by atoms with van der Waals surface area (Å²) in [6, 6.07) is 14.6. The minimum atomic E-state index is -0.503. The third-order valence-electron chi connectivity index (χ3n) is 5.21. The van der Waals surface area contributed by atoms with Gasteiger partial charge in [-0.1, -0.05) is 24.3 Å². The van der Waals surface area contributed by atoms with Gasteiger partial charge in [0.2, 0.25) is 0 Å². The quantitative estimate of drug-likeness (QED) is 0.265. The van der Waals surface area contributed by atoms with Crippen LogP contribution in [0.25, 0.3) is 0 Å². The number of rotatable bonds is 8. The largest absolute Gasteiger partial charge is 0.484 e. The molecule has 7 nitrogen and oxygen atoms in total. The van der Waals surface area contributed by atoms with E-state index in [1.165, 1.54) is 12.1 Å². The van der Waals surface area contributed by atoms with Crippen molar-refractivity contribution in [3.8, 4) is 5.75 Å².